The molecule has 0 aromatic carbocycles. The van der Waals surface area contributed by atoms with Gasteiger partial charge in [-0.25, -0.2) is 8.42 Å². The normalized spacial score (nSPS) is 19.8. The van der Waals surface area contributed by atoms with Crippen molar-refractivity contribution in [1.82, 2.24) is 10.2 Å². The summed E-state index contributed by atoms with van der Waals surface area (Å²) in [6.07, 6.45) is 3.49. The highest BCUT2D eigenvalue weighted by molar-refractivity contribution is 7.91. The van der Waals surface area contributed by atoms with E-state index in [-0.39, 0.29) is 42.2 Å². The number of rotatable bonds is 9. The fraction of sp³-hybridized carbons (Fsp3) is 0.867. The largest absolute Gasteiger partial charge is 0.356 e. The maximum atomic E-state index is 12.4. The third-order valence-electron chi connectivity index (χ3n) is 3.86. The molecule has 7 heteroatoms. The molecule has 0 bridgehead atoms. The fourth-order valence-corrected chi connectivity index (χ4v) is 4.31. The van der Waals surface area contributed by atoms with Gasteiger partial charge in [0, 0.05) is 32.0 Å². The molecule has 6 nitrogen and oxygen atoms in total. The van der Waals surface area contributed by atoms with E-state index in [0.29, 0.717) is 19.5 Å². The van der Waals surface area contributed by atoms with Gasteiger partial charge in [-0.2, -0.15) is 0 Å². The van der Waals surface area contributed by atoms with E-state index in [1.807, 2.05) is 13.8 Å². The van der Waals surface area contributed by atoms with Crippen LogP contribution in [0.4, 0.5) is 0 Å². The van der Waals surface area contributed by atoms with Crippen LogP contribution < -0.4 is 5.32 Å². The summed E-state index contributed by atoms with van der Waals surface area (Å²) in [5, 5.41) is 2.75. The summed E-state index contributed by atoms with van der Waals surface area (Å²) in [4.78, 5) is 25.6. The molecule has 1 heterocycles. The van der Waals surface area contributed by atoms with E-state index < -0.39 is 9.84 Å². The van der Waals surface area contributed by atoms with E-state index in [0.717, 1.165) is 19.3 Å². The Hall–Kier alpha value is -1.11. The maximum Gasteiger partial charge on any atom is 0.223 e. The van der Waals surface area contributed by atoms with Gasteiger partial charge in [0.25, 0.3) is 0 Å². The molecule has 2 amide bonds. The number of hydrogen-bond donors (Lipinski definition) is 1. The summed E-state index contributed by atoms with van der Waals surface area (Å²) < 4.78 is 23.2. The smallest absolute Gasteiger partial charge is 0.223 e. The molecular weight excluding hydrogens is 304 g/mol. The predicted molar refractivity (Wildman–Crippen MR) is 86.2 cm³/mol. The highest BCUT2D eigenvalue weighted by atomic mass is 32.2. The SMILES string of the molecule is CCCCN(C(=O)CCC(=O)NCCC)C1CCS(=O)(=O)C1. The summed E-state index contributed by atoms with van der Waals surface area (Å²) in [7, 11) is -3.02. The summed E-state index contributed by atoms with van der Waals surface area (Å²) in [6.45, 7) is 5.20. The Balaban J connectivity index is 2.55. The highest BCUT2D eigenvalue weighted by Crippen LogP contribution is 2.19. The van der Waals surface area contributed by atoms with Crippen molar-refractivity contribution in [3.8, 4) is 0 Å². The van der Waals surface area contributed by atoms with Crippen molar-refractivity contribution >= 4 is 21.7 Å². The molecule has 1 aliphatic rings. The zero-order chi connectivity index (χ0) is 16.6. The van der Waals surface area contributed by atoms with Crippen LogP contribution in [0.5, 0.6) is 0 Å². The predicted octanol–water partition coefficient (Wildman–Crippen LogP) is 1.11. The molecule has 1 atom stereocenters. The number of hydrogen-bond acceptors (Lipinski definition) is 4. The summed E-state index contributed by atoms with van der Waals surface area (Å²) in [5.41, 5.74) is 0. The van der Waals surface area contributed by atoms with E-state index in [1.165, 1.54) is 0 Å². The van der Waals surface area contributed by atoms with Gasteiger partial charge >= 0.3 is 0 Å². The van der Waals surface area contributed by atoms with Crippen LogP contribution in [0.1, 0.15) is 52.4 Å². The van der Waals surface area contributed by atoms with Gasteiger partial charge in [-0.15, -0.1) is 0 Å². The molecule has 128 valence electrons. The zero-order valence-corrected chi connectivity index (χ0v) is 14.5. The Kier molecular flexibility index (Phi) is 7.85. The second kappa shape index (κ2) is 9.12. The number of carbonyl (C=O) groups excluding carboxylic acids is 2. The first-order valence-corrected chi connectivity index (χ1v) is 9.98. The average molecular weight is 332 g/mol. The van der Waals surface area contributed by atoms with Crippen LogP contribution in [0.15, 0.2) is 0 Å². The first-order valence-electron chi connectivity index (χ1n) is 8.16. The lowest BCUT2D eigenvalue weighted by Gasteiger charge is -2.28. The molecule has 0 aromatic heterocycles. The number of amides is 2. The molecule has 1 fully saturated rings. The molecule has 1 N–H and O–H groups in total. The number of nitrogens with zero attached hydrogens (tertiary/aromatic N) is 1. The van der Waals surface area contributed by atoms with E-state index in [1.54, 1.807) is 4.90 Å². The van der Waals surface area contributed by atoms with Crippen LogP contribution in [0.25, 0.3) is 0 Å². The molecule has 0 aromatic rings. The van der Waals surface area contributed by atoms with E-state index in [2.05, 4.69) is 5.32 Å². The molecule has 0 spiro atoms. The van der Waals surface area contributed by atoms with Gasteiger partial charge in [-0.3, -0.25) is 9.59 Å². The van der Waals surface area contributed by atoms with Crippen LogP contribution in [0.2, 0.25) is 0 Å². The standard InChI is InChI=1S/C15H28N2O4S/c1-3-5-10-17(13-8-11-22(20,21)12-13)15(19)7-6-14(18)16-9-4-2/h13H,3-12H2,1-2H3,(H,16,18). The van der Waals surface area contributed by atoms with Crippen LogP contribution >= 0.6 is 0 Å². The minimum Gasteiger partial charge on any atom is -0.356 e. The first kappa shape index (κ1) is 18.9. The third kappa shape index (κ3) is 6.34. The molecule has 0 radical (unpaired) electrons. The van der Waals surface area contributed by atoms with Gasteiger partial charge in [0.15, 0.2) is 9.84 Å². The van der Waals surface area contributed by atoms with Crippen molar-refractivity contribution in [2.45, 2.75) is 58.4 Å². The fourth-order valence-electron chi connectivity index (χ4n) is 2.58. The quantitative estimate of drug-likeness (QED) is 0.685. The first-order chi connectivity index (χ1) is 10.4. The van der Waals surface area contributed by atoms with Crippen molar-refractivity contribution in [2.75, 3.05) is 24.6 Å². The Morgan fingerprint density at radius 2 is 1.91 bits per heavy atom. The number of unbranched alkanes of at least 4 members (excludes halogenated alkanes) is 1. The van der Waals surface area contributed by atoms with Crippen LogP contribution in [-0.4, -0.2) is 55.8 Å². The second-order valence-electron chi connectivity index (χ2n) is 5.85. The van der Waals surface area contributed by atoms with Gasteiger partial charge in [-0.05, 0) is 19.3 Å². The monoisotopic (exact) mass is 332 g/mol. The van der Waals surface area contributed by atoms with Crippen LogP contribution in [0, 0.1) is 0 Å². The van der Waals surface area contributed by atoms with Gasteiger partial charge in [0.2, 0.25) is 11.8 Å². The molecule has 1 saturated heterocycles. The highest BCUT2D eigenvalue weighted by Gasteiger charge is 2.34. The molecule has 1 aliphatic heterocycles. The van der Waals surface area contributed by atoms with Crippen molar-refractivity contribution in [3.63, 3.8) is 0 Å². The second-order valence-corrected chi connectivity index (χ2v) is 8.08. The molecule has 0 saturated carbocycles. The van der Waals surface area contributed by atoms with Crippen LogP contribution in [0.3, 0.4) is 0 Å². The Bertz CT molecular complexity index is 476. The summed E-state index contributed by atoms with van der Waals surface area (Å²) >= 11 is 0. The van der Waals surface area contributed by atoms with Gasteiger partial charge in [0.1, 0.15) is 0 Å². The van der Waals surface area contributed by atoms with Gasteiger partial charge < -0.3 is 10.2 Å². The lowest BCUT2D eigenvalue weighted by atomic mass is 10.1. The lowest BCUT2D eigenvalue weighted by molar-refractivity contribution is -0.135. The minimum absolute atomic E-state index is 0.0600. The van der Waals surface area contributed by atoms with E-state index in [4.69, 9.17) is 0 Å². The average Bonchev–Trinajstić information content (AvgIpc) is 2.83. The van der Waals surface area contributed by atoms with Gasteiger partial charge in [0.05, 0.1) is 11.5 Å². The van der Waals surface area contributed by atoms with Crippen molar-refractivity contribution in [1.29, 1.82) is 0 Å². The molecule has 1 unspecified atom stereocenters. The maximum absolute atomic E-state index is 12.4. The topological polar surface area (TPSA) is 83.6 Å². The number of sulfone groups is 1. The Morgan fingerprint density at radius 3 is 2.45 bits per heavy atom. The number of nitrogens with one attached hydrogen (secondary N) is 1. The zero-order valence-electron chi connectivity index (χ0n) is 13.6. The van der Waals surface area contributed by atoms with Crippen LogP contribution in [-0.2, 0) is 19.4 Å². The molecule has 1 rings (SSSR count). The van der Waals surface area contributed by atoms with E-state index in [9.17, 15) is 18.0 Å². The number of carbonyl (C=O) groups is 2. The van der Waals surface area contributed by atoms with Crippen molar-refractivity contribution in [2.24, 2.45) is 0 Å². The van der Waals surface area contributed by atoms with E-state index >= 15 is 0 Å². The third-order valence-corrected chi connectivity index (χ3v) is 5.61. The van der Waals surface area contributed by atoms with Crippen molar-refractivity contribution in [3.05, 3.63) is 0 Å². The summed E-state index contributed by atoms with van der Waals surface area (Å²) in [6, 6.07) is -0.220. The Morgan fingerprint density at radius 1 is 1.18 bits per heavy atom. The summed E-state index contributed by atoms with van der Waals surface area (Å²) in [5.74, 6) is -0.0124. The van der Waals surface area contributed by atoms with Gasteiger partial charge in [-0.1, -0.05) is 20.3 Å². The molecular formula is C15H28N2O4S. The molecule has 0 aliphatic carbocycles. The van der Waals surface area contributed by atoms with Crippen molar-refractivity contribution < 1.29 is 18.0 Å². The Labute approximate surface area is 133 Å². The minimum atomic E-state index is -3.02. The lowest BCUT2D eigenvalue weighted by Crippen LogP contribution is -2.42. The molecule has 22 heavy (non-hydrogen) atoms.